The maximum Gasteiger partial charge on any atom is 0.191 e. The summed E-state index contributed by atoms with van der Waals surface area (Å²) in [5, 5.41) is 10.0. The molecule has 0 saturated heterocycles. The van der Waals surface area contributed by atoms with Gasteiger partial charge in [0.05, 0.1) is 6.54 Å². The molecule has 0 bridgehead atoms. The van der Waals surface area contributed by atoms with Gasteiger partial charge >= 0.3 is 0 Å². The van der Waals surface area contributed by atoms with E-state index in [0.717, 1.165) is 23.3 Å². The molecule has 0 atom stereocenters. The first-order valence-corrected chi connectivity index (χ1v) is 10.8. The summed E-state index contributed by atoms with van der Waals surface area (Å²) in [6.45, 7) is 0.855. The topological polar surface area (TPSA) is 30.7 Å². The minimum atomic E-state index is 0.603. The monoisotopic (exact) mass is 367 g/mol. The van der Waals surface area contributed by atoms with Crippen molar-refractivity contribution < 1.29 is 0 Å². The second-order valence-corrected chi connectivity index (χ2v) is 8.15. The van der Waals surface area contributed by atoms with Crippen molar-refractivity contribution in [2.24, 2.45) is 0 Å². The first-order valence-electron chi connectivity index (χ1n) is 8.56. The lowest BCUT2D eigenvalue weighted by Crippen LogP contribution is -2.06. The fourth-order valence-corrected chi connectivity index (χ4v) is 4.14. The zero-order chi connectivity index (χ0) is 17.1. The number of thioether (sulfide) groups is 2. The molecule has 5 heteroatoms. The van der Waals surface area contributed by atoms with E-state index in [1.165, 1.54) is 28.9 Å². The van der Waals surface area contributed by atoms with Crippen molar-refractivity contribution in [2.75, 3.05) is 6.26 Å². The molecule has 1 heterocycles. The fourth-order valence-electron chi connectivity index (χ4n) is 2.83. The molecule has 25 heavy (non-hydrogen) atoms. The van der Waals surface area contributed by atoms with Crippen LogP contribution in [0.3, 0.4) is 0 Å². The average Bonchev–Trinajstić information content (AvgIpc) is 3.43. The zero-order valence-electron chi connectivity index (χ0n) is 14.3. The van der Waals surface area contributed by atoms with Crippen LogP contribution in [0.25, 0.3) is 0 Å². The summed E-state index contributed by atoms with van der Waals surface area (Å²) in [5.74, 6) is 2.68. The molecule has 1 aliphatic rings. The van der Waals surface area contributed by atoms with E-state index >= 15 is 0 Å². The minimum Gasteiger partial charge on any atom is -0.301 e. The number of hydrogen-bond acceptors (Lipinski definition) is 4. The van der Waals surface area contributed by atoms with Crippen molar-refractivity contribution in [3.05, 3.63) is 71.5 Å². The third kappa shape index (κ3) is 4.10. The molecule has 0 amide bonds. The normalized spacial score (nSPS) is 14.0. The zero-order valence-corrected chi connectivity index (χ0v) is 15.9. The Morgan fingerprint density at radius 2 is 1.72 bits per heavy atom. The maximum atomic E-state index is 4.50. The van der Waals surface area contributed by atoms with Gasteiger partial charge in [-0.1, -0.05) is 54.2 Å². The van der Waals surface area contributed by atoms with Crippen LogP contribution in [0.5, 0.6) is 0 Å². The highest BCUT2D eigenvalue weighted by Gasteiger charge is 2.30. The van der Waals surface area contributed by atoms with Gasteiger partial charge < -0.3 is 4.57 Å². The Bertz CT molecular complexity index is 824. The third-order valence-corrected chi connectivity index (χ3v) is 6.18. The van der Waals surface area contributed by atoms with Gasteiger partial charge in [-0.25, -0.2) is 0 Å². The van der Waals surface area contributed by atoms with Crippen molar-refractivity contribution in [3.63, 3.8) is 0 Å². The summed E-state index contributed by atoms with van der Waals surface area (Å²) in [7, 11) is 0. The van der Waals surface area contributed by atoms with Gasteiger partial charge in [0.2, 0.25) is 0 Å². The van der Waals surface area contributed by atoms with Gasteiger partial charge in [0.1, 0.15) is 5.82 Å². The predicted molar refractivity (Wildman–Crippen MR) is 105 cm³/mol. The van der Waals surface area contributed by atoms with Gasteiger partial charge in [0, 0.05) is 16.6 Å². The molecule has 0 N–H and O–H groups in total. The summed E-state index contributed by atoms with van der Waals surface area (Å²) in [4.78, 5) is 1.30. The lowest BCUT2D eigenvalue weighted by Gasteiger charge is -2.10. The van der Waals surface area contributed by atoms with Crippen molar-refractivity contribution in [3.8, 4) is 0 Å². The highest BCUT2D eigenvalue weighted by molar-refractivity contribution is 7.98. The number of hydrogen-bond donors (Lipinski definition) is 0. The van der Waals surface area contributed by atoms with E-state index in [1.54, 1.807) is 23.5 Å². The van der Waals surface area contributed by atoms with Crippen molar-refractivity contribution in [2.45, 2.75) is 41.1 Å². The quantitative estimate of drug-likeness (QED) is 0.536. The van der Waals surface area contributed by atoms with Crippen LogP contribution in [0.2, 0.25) is 0 Å². The minimum absolute atomic E-state index is 0.603. The van der Waals surface area contributed by atoms with Crippen molar-refractivity contribution in [1.82, 2.24) is 14.8 Å². The molecule has 0 radical (unpaired) electrons. The summed E-state index contributed by atoms with van der Waals surface area (Å²) in [5.41, 5.74) is 2.63. The molecule has 128 valence electrons. The Morgan fingerprint density at radius 1 is 0.960 bits per heavy atom. The van der Waals surface area contributed by atoms with Gasteiger partial charge in [0.15, 0.2) is 5.16 Å². The summed E-state index contributed by atoms with van der Waals surface area (Å²) in [6.07, 6.45) is 4.59. The largest absolute Gasteiger partial charge is 0.301 e. The van der Waals surface area contributed by atoms with Gasteiger partial charge in [-0.15, -0.1) is 22.0 Å². The van der Waals surface area contributed by atoms with Crippen LogP contribution >= 0.6 is 23.5 Å². The first kappa shape index (κ1) is 16.7. The summed E-state index contributed by atoms with van der Waals surface area (Å²) >= 11 is 3.56. The lowest BCUT2D eigenvalue weighted by atomic mass is 10.2. The molecular weight excluding hydrogens is 346 g/mol. The van der Waals surface area contributed by atoms with E-state index < -0.39 is 0 Å². The van der Waals surface area contributed by atoms with Crippen molar-refractivity contribution >= 4 is 23.5 Å². The average molecular weight is 368 g/mol. The molecule has 3 aromatic rings. The molecule has 4 rings (SSSR count). The summed E-state index contributed by atoms with van der Waals surface area (Å²) in [6, 6.07) is 19.4. The molecule has 2 aromatic carbocycles. The van der Waals surface area contributed by atoms with Crippen LogP contribution < -0.4 is 0 Å². The Hall–Kier alpha value is -1.72. The third-order valence-electron chi connectivity index (χ3n) is 4.40. The summed E-state index contributed by atoms with van der Waals surface area (Å²) < 4.78 is 2.31. The molecule has 1 saturated carbocycles. The molecule has 0 unspecified atom stereocenters. The fraction of sp³-hybridized carbons (Fsp3) is 0.300. The number of benzene rings is 2. The lowest BCUT2D eigenvalue weighted by molar-refractivity contribution is 0.667. The van der Waals surface area contributed by atoms with E-state index in [9.17, 15) is 0 Å². The highest BCUT2D eigenvalue weighted by atomic mass is 32.2. The molecule has 0 spiro atoms. The molecular formula is C20H21N3S2. The van der Waals surface area contributed by atoms with Crippen LogP contribution in [0.1, 0.15) is 35.7 Å². The predicted octanol–water partition coefficient (Wildman–Crippen LogP) is 5.22. The van der Waals surface area contributed by atoms with Gasteiger partial charge in [-0.05, 0) is 42.4 Å². The molecule has 0 aliphatic heterocycles. The Kier molecular flexibility index (Phi) is 5.13. The Balaban J connectivity index is 1.52. The van der Waals surface area contributed by atoms with Crippen LogP contribution in [0.15, 0.2) is 64.6 Å². The maximum absolute atomic E-state index is 4.50. The second-order valence-electron chi connectivity index (χ2n) is 6.32. The Morgan fingerprint density at radius 3 is 2.40 bits per heavy atom. The van der Waals surface area contributed by atoms with E-state index in [0.29, 0.717) is 5.92 Å². The van der Waals surface area contributed by atoms with E-state index in [4.69, 9.17) is 0 Å². The standard InChI is InChI=1S/C20H21N3S2/c1-24-18-11-7-16(8-12-18)14-25-20-22-21-19(17-9-10-17)23(20)13-15-5-3-2-4-6-15/h2-8,11-12,17H,9-10,13-14H2,1H3. The van der Waals surface area contributed by atoms with E-state index in [-0.39, 0.29) is 0 Å². The molecule has 1 fully saturated rings. The van der Waals surface area contributed by atoms with Crippen molar-refractivity contribution in [1.29, 1.82) is 0 Å². The SMILES string of the molecule is CSc1ccc(CSc2nnc(C3CC3)n2Cc2ccccc2)cc1. The smallest absolute Gasteiger partial charge is 0.191 e. The Labute approximate surface area is 157 Å². The molecule has 1 aromatic heterocycles. The van der Waals surface area contributed by atoms with Gasteiger partial charge in [0.25, 0.3) is 0 Å². The number of nitrogens with zero attached hydrogens (tertiary/aromatic N) is 3. The number of aromatic nitrogens is 3. The van der Waals surface area contributed by atoms with Crippen LogP contribution in [-0.2, 0) is 12.3 Å². The van der Waals surface area contributed by atoms with Crippen LogP contribution in [0.4, 0.5) is 0 Å². The second kappa shape index (κ2) is 7.67. The van der Waals surface area contributed by atoms with E-state index in [1.807, 2.05) is 0 Å². The van der Waals surface area contributed by atoms with Crippen LogP contribution in [-0.4, -0.2) is 21.0 Å². The first-order chi connectivity index (χ1) is 12.3. The van der Waals surface area contributed by atoms with E-state index in [2.05, 4.69) is 75.6 Å². The van der Waals surface area contributed by atoms with Gasteiger partial charge in [-0.3, -0.25) is 0 Å². The molecule has 3 nitrogen and oxygen atoms in total. The van der Waals surface area contributed by atoms with Crippen LogP contribution in [0, 0.1) is 0 Å². The molecule has 1 aliphatic carbocycles. The van der Waals surface area contributed by atoms with Gasteiger partial charge in [-0.2, -0.15) is 0 Å². The number of rotatable bonds is 7. The highest BCUT2D eigenvalue weighted by Crippen LogP contribution is 2.40.